The molecule has 0 fully saturated rings. The Labute approximate surface area is 131 Å². The SMILES string of the molecule is CCOC(CC)C(Cc1nc(-c2ccccc2)cs1)NC. The second kappa shape index (κ2) is 8.27. The van der Waals surface area contributed by atoms with Gasteiger partial charge in [0.15, 0.2) is 0 Å². The van der Waals surface area contributed by atoms with Gasteiger partial charge >= 0.3 is 0 Å². The summed E-state index contributed by atoms with van der Waals surface area (Å²) in [4.78, 5) is 4.77. The van der Waals surface area contributed by atoms with E-state index in [1.807, 2.05) is 32.2 Å². The molecule has 4 heteroatoms. The molecule has 1 aromatic carbocycles. The second-order valence-corrected chi connectivity index (χ2v) is 5.94. The first-order valence-electron chi connectivity index (χ1n) is 7.57. The van der Waals surface area contributed by atoms with Crippen LogP contribution in [0.2, 0.25) is 0 Å². The van der Waals surface area contributed by atoms with Gasteiger partial charge in [0.25, 0.3) is 0 Å². The van der Waals surface area contributed by atoms with Gasteiger partial charge in [-0.2, -0.15) is 0 Å². The number of likely N-dealkylation sites (N-methyl/N-ethyl adjacent to an activating group) is 1. The molecule has 3 nitrogen and oxygen atoms in total. The third-order valence-corrected chi connectivity index (χ3v) is 4.49. The number of nitrogens with zero attached hydrogens (tertiary/aromatic N) is 1. The zero-order valence-electron chi connectivity index (χ0n) is 13.0. The van der Waals surface area contributed by atoms with Crippen molar-refractivity contribution in [2.24, 2.45) is 0 Å². The number of ether oxygens (including phenoxy) is 1. The second-order valence-electron chi connectivity index (χ2n) is 4.99. The summed E-state index contributed by atoms with van der Waals surface area (Å²) in [6.45, 7) is 4.97. The first kappa shape index (κ1) is 16.1. The Morgan fingerprint density at radius 1 is 1.24 bits per heavy atom. The maximum atomic E-state index is 5.82. The molecule has 0 spiro atoms. The highest BCUT2D eigenvalue weighted by molar-refractivity contribution is 7.09. The molecule has 0 saturated heterocycles. The summed E-state index contributed by atoms with van der Waals surface area (Å²) in [6.07, 6.45) is 2.16. The molecule has 1 aromatic heterocycles. The predicted octanol–water partition coefficient (Wildman–Crippen LogP) is 3.76. The van der Waals surface area contributed by atoms with Gasteiger partial charge in [0.05, 0.1) is 16.8 Å². The van der Waals surface area contributed by atoms with E-state index in [4.69, 9.17) is 9.72 Å². The Hall–Kier alpha value is -1.23. The molecule has 0 amide bonds. The van der Waals surface area contributed by atoms with Crippen molar-refractivity contribution in [1.82, 2.24) is 10.3 Å². The highest BCUT2D eigenvalue weighted by Crippen LogP contribution is 2.23. The van der Waals surface area contributed by atoms with Gasteiger partial charge in [-0.3, -0.25) is 0 Å². The first-order valence-corrected chi connectivity index (χ1v) is 8.45. The highest BCUT2D eigenvalue weighted by Gasteiger charge is 2.20. The Balaban J connectivity index is 2.07. The highest BCUT2D eigenvalue weighted by atomic mass is 32.1. The average Bonchev–Trinajstić information content (AvgIpc) is 3.00. The summed E-state index contributed by atoms with van der Waals surface area (Å²) in [7, 11) is 2.00. The van der Waals surface area contributed by atoms with E-state index >= 15 is 0 Å². The third-order valence-electron chi connectivity index (χ3n) is 3.62. The van der Waals surface area contributed by atoms with Crippen molar-refractivity contribution >= 4 is 11.3 Å². The van der Waals surface area contributed by atoms with Crippen molar-refractivity contribution in [1.29, 1.82) is 0 Å². The molecule has 0 saturated carbocycles. The molecule has 0 aliphatic heterocycles. The minimum Gasteiger partial charge on any atom is -0.377 e. The lowest BCUT2D eigenvalue weighted by Gasteiger charge is -2.25. The molecule has 1 N–H and O–H groups in total. The van der Waals surface area contributed by atoms with Crippen LogP contribution in [-0.2, 0) is 11.2 Å². The van der Waals surface area contributed by atoms with Gasteiger partial charge in [-0.25, -0.2) is 4.98 Å². The first-order chi connectivity index (χ1) is 10.3. The Morgan fingerprint density at radius 2 is 2.00 bits per heavy atom. The molecular formula is C17H24N2OS. The number of thiazole rings is 1. The number of hydrogen-bond donors (Lipinski definition) is 1. The minimum absolute atomic E-state index is 0.240. The molecule has 114 valence electrons. The Morgan fingerprint density at radius 3 is 2.62 bits per heavy atom. The quantitative estimate of drug-likeness (QED) is 0.806. The van der Waals surface area contributed by atoms with E-state index in [0.29, 0.717) is 6.04 Å². The monoisotopic (exact) mass is 304 g/mol. The number of rotatable bonds is 8. The summed E-state index contributed by atoms with van der Waals surface area (Å²) in [5.41, 5.74) is 2.24. The van der Waals surface area contributed by atoms with Gasteiger partial charge in [-0.1, -0.05) is 37.3 Å². The predicted molar refractivity (Wildman–Crippen MR) is 89.8 cm³/mol. The van der Waals surface area contributed by atoms with Crippen molar-refractivity contribution in [2.75, 3.05) is 13.7 Å². The molecule has 0 radical (unpaired) electrons. The van der Waals surface area contributed by atoms with E-state index < -0.39 is 0 Å². The molecule has 1 heterocycles. The van der Waals surface area contributed by atoms with Crippen molar-refractivity contribution in [2.45, 2.75) is 38.8 Å². The van der Waals surface area contributed by atoms with Crippen molar-refractivity contribution in [3.63, 3.8) is 0 Å². The maximum absolute atomic E-state index is 5.82. The third kappa shape index (κ3) is 4.37. The van der Waals surface area contributed by atoms with Gasteiger partial charge in [0.1, 0.15) is 0 Å². The number of nitrogens with one attached hydrogen (secondary N) is 1. The largest absolute Gasteiger partial charge is 0.377 e. The Kier molecular flexibility index (Phi) is 6.36. The fourth-order valence-electron chi connectivity index (χ4n) is 2.49. The topological polar surface area (TPSA) is 34.1 Å². The van der Waals surface area contributed by atoms with Crippen LogP contribution < -0.4 is 5.32 Å². The zero-order chi connectivity index (χ0) is 15.1. The molecule has 2 unspecified atom stereocenters. The average molecular weight is 304 g/mol. The van der Waals surface area contributed by atoms with Crippen LogP contribution in [0.4, 0.5) is 0 Å². The number of benzene rings is 1. The van der Waals surface area contributed by atoms with Crippen molar-refractivity contribution < 1.29 is 4.74 Å². The van der Waals surface area contributed by atoms with E-state index in [1.165, 1.54) is 5.56 Å². The van der Waals surface area contributed by atoms with Crippen LogP contribution >= 0.6 is 11.3 Å². The number of hydrogen-bond acceptors (Lipinski definition) is 4. The summed E-state index contributed by atoms with van der Waals surface area (Å²) in [5.74, 6) is 0. The molecule has 0 bridgehead atoms. The Bertz CT molecular complexity index is 527. The van der Waals surface area contributed by atoms with Gasteiger partial charge in [0, 0.05) is 30.0 Å². The van der Waals surface area contributed by atoms with Gasteiger partial charge in [-0.15, -0.1) is 11.3 Å². The van der Waals surface area contributed by atoms with Crippen LogP contribution in [0.25, 0.3) is 11.3 Å². The zero-order valence-corrected chi connectivity index (χ0v) is 13.8. The van der Waals surface area contributed by atoms with Crippen molar-refractivity contribution in [3.05, 3.63) is 40.7 Å². The number of aromatic nitrogens is 1. The van der Waals surface area contributed by atoms with Crippen LogP contribution in [0.5, 0.6) is 0 Å². The summed E-state index contributed by atoms with van der Waals surface area (Å²) < 4.78 is 5.82. The standard InChI is InChI=1S/C17H24N2OS/c1-4-16(20-5-2)14(18-3)11-17-19-15(12-21-17)13-9-7-6-8-10-13/h6-10,12,14,16,18H,4-5,11H2,1-3H3. The lowest BCUT2D eigenvalue weighted by molar-refractivity contribution is 0.0339. The van der Waals surface area contributed by atoms with E-state index in [-0.39, 0.29) is 6.10 Å². The van der Waals surface area contributed by atoms with Crippen LogP contribution in [-0.4, -0.2) is 30.8 Å². The fourth-order valence-corrected chi connectivity index (χ4v) is 3.35. The van der Waals surface area contributed by atoms with Crippen LogP contribution in [0, 0.1) is 0 Å². The minimum atomic E-state index is 0.240. The lowest BCUT2D eigenvalue weighted by atomic mass is 10.1. The lowest BCUT2D eigenvalue weighted by Crippen LogP contribution is -2.40. The maximum Gasteiger partial charge on any atom is 0.0949 e. The summed E-state index contributed by atoms with van der Waals surface area (Å²) >= 11 is 1.73. The van der Waals surface area contributed by atoms with Gasteiger partial charge in [-0.05, 0) is 20.4 Å². The van der Waals surface area contributed by atoms with E-state index in [1.54, 1.807) is 11.3 Å². The molecule has 21 heavy (non-hydrogen) atoms. The summed E-state index contributed by atoms with van der Waals surface area (Å²) in [6, 6.07) is 10.6. The van der Waals surface area contributed by atoms with Gasteiger partial charge < -0.3 is 10.1 Å². The van der Waals surface area contributed by atoms with Crippen LogP contribution in [0.3, 0.4) is 0 Å². The van der Waals surface area contributed by atoms with Gasteiger partial charge in [0.2, 0.25) is 0 Å². The molecule has 2 rings (SSSR count). The molecule has 2 atom stereocenters. The van der Waals surface area contributed by atoms with E-state index in [2.05, 4.69) is 29.8 Å². The molecular weight excluding hydrogens is 280 g/mol. The smallest absolute Gasteiger partial charge is 0.0949 e. The molecule has 2 aromatic rings. The summed E-state index contributed by atoms with van der Waals surface area (Å²) in [5, 5.41) is 6.67. The van der Waals surface area contributed by atoms with Crippen LogP contribution in [0.1, 0.15) is 25.3 Å². The van der Waals surface area contributed by atoms with Crippen LogP contribution in [0.15, 0.2) is 35.7 Å². The normalized spacial score (nSPS) is 14.0. The molecule has 0 aliphatic carbocycles. The van der Waals surface area contributed by atoms with E-state index in [0.717, 1.165) is 30.2 Å². The fraction of sp³-hybridized carbons (Fsp3) is 0.471. The molecule has 0 aliphatic rings. The van der Waals surface area contributed by atoms with Crippen molar-refractivity contribution in [3.8, 4) is 11.3 Å². The van der Waals surface area contributed by atoms with E-state index in [9.17, 15) is 0 Å².